The van der Waals surface area contributed by atoms with E-state index < -0.39 is 5.63 Å². The van der Waals surface area contributed by atoms with Crippen molar-refractivity contribution in [2.24, 2.45) is 0 Å². The zero-order chi connectivity index (χ0) is 9.42. The smallest absolute Gasteiger partial charge is 0.359 e. The standard InChI is InChI=1S/C9H7NO3/c10-7-4-5-3-6(11)1-2-8(5)13-9(7)12/h1-4,11H,10H2. The molecule has 4 nitrogen and oxygen atoms in total. The summed E-state index contributed by atoms with van der Waals surface area (Å²) in [5.74, 6) is 0.112. The highest BCUT2D eigenvalue weighted by Gasteiger charge is 2.01. The number of rotatable bonds is 0. The predicted molar refractivity (Wildman–Crippen MR) is 48.6 cm³/mol. The number of nitrogen functional groups attached to an aromatic ring is 1. The predicted octanol–water partition coefficient (Wildman–Crippen LogP) is 1.08. The van der Waals surface area contributed by atoms with E-state index in [1.54, 1.807) is 0 Å². The normalized spacial score (nSPS) is 10.5. The van der Waals surface area contributed by atoms with Gasteiger partial charge >= 0.3 is 5.63 Å². The van der Waals surface area contributed by atoms with Crippen LogP contribution in [0.2, 0.25) is 0 Å². The third-order valence-electron chi connectivity index (χ3n) is 1.74. The number of nitrogens with two attached hydrogens (primary N) is 1. The number of benzene rings is 1. The van der Waals surface area contributed by atoms with Crippen LogP contribution in [0, 0.1) is 0 Å². The highest BCUT2D eigenvalue weighted by molar-refractivity contribution is 5.80. The van der Waals surface area contributed by atoms with Crippen molar-refractivity contribution in [1.82, 2.24) is 0 Å². The van der Waals surface area contributed by atoms with Gasteiger partial charge in [-0.25, -0.2) is 4.79 Å². The van der Waals surface area contributed by atoms with Gasteiger partial charge in [-0.15, -0.1) is 0 Å². The number of phenolic OH excluding ortho intramolecular Hbond substituents is 1. The summed E-state index contributed by atoms with van der Waals surface area (Å²) >= 11 is 0. The highest BCUT2D eigenvalue weighted by atomic mass is 16.4. The summed E-state index contributed by atoms with van der Waals surface area (Å²) in [5.41, 5.74) is 5.24. The number of aromatic hydroxyl groups is 1. The molecule has 0 fully saturated rings. The molecule has 0 saturated heterocycles. The first-order valence-electron chi connectivity index (χ1n) is 3.69. The molecule has 0 spiro atoms. The number of hydrogen-bond acceptors (Lipinski definition) is 4. The molecule has 0 atom stereocenters. The van der Waals surface area contributed by atoms with Crippen LogP contribution in [0.1, 0.15) is 0 Å². The van der Waals surface area contributed by atoms with Gasteiger partial charge < -0.3 is 15.3 Å². The van der Waals surface area contributed by atoms with E-state index in [1.807, 2.05) is 0 Å². The van der Waals surface area contributed by atoms with Crippen LogP contribution in [0.25, 0.3) is 11.0 Å². The maximum atomic E-state index is 11.0. The largest absolute Gasteiger partial charge is 0.508 e. The molecule has 0 radical (unpaired) electrons. The summed E-state index contributed by atoms with van der Waals surface area (Å²) in [7, 11) is 0. The Hall–Kier alpha value is -1.97. The van der Waals surface area contributed by atoms with Gasteiger partial charge in [0.1, 0.15) is 17.0 Å². The van der Waals surface area contributed by atoms with Crippen LogP contribution in [0.15, 0.2) is 33.5 Å². The van der Waals surface area contributed by atoms with E-state index in [1.165, 1.54) is 24.3 Å². The van der Waals surface area contributed by atoms with Crippen LogP contribution in [0.5, 0.6) is 5.75 Å². The second-order valence-electron chi connectivity index (χ2n) is 2.71. The van der Waals surface area contributed by atoms with Crippen molar-refractivity contribution in [3.05, 3.63) is 34.7 Å². The summed E-state index contributed by atoms with van der Waals surface area (Å²) in [6.45, 7) is 0. The number of fused-ring (bicyclic) bond motifs is 1. The zero-order valence-electron chi connectivity index (χ0n) is 6.65. The fraction of sp³-hybridized carbons (Fsp3) is 0. The lowest BCUT2D eigenvalue weighted by atomic mass is 10.2. The van der Waals surface area contributed by atoms with Gasteiger partial charge in [0, 0.05) is 5.39 Å². The van der Waals surface area contributed by atoms with Crippen LogP contribution in [0.4, 0.5) is 5.69 Å². The molecule has 2 rings (SSSR count). The highest BCUT2D eigenvalue weighted by Crippen LogP contribution is 2.19. The zero-order valence-corrected chi connectivity index (χ0v) is 6.65. The Balaban J connectivity index is 2.89. The SMILES string of the molecule is Nc1cc2cc(O)ccc2oc1=O. The van der Waals surface area contributed by atoms with Crippen molar-refractivity contribution in [2.45, 2.75) is 0 Å². The van der Waals surface area contributed by atoms with Gasteiger partial charge in [-0.2, -0.15) is 0 Å². The lowest BCUT2D eigenvalue weighted by Gasteiger charge is -1.97. The number of hydrogen-bond donors (Lipinski definition) is 2. The minimum absolute atomic E-state index is 0.0399. The fourth-order valence-corrected chi connectivity index (χ4v) is 1.13. The number of anilines is 1. The molecule has 13 heavy (non-hydrogen) atoms. The first-order chi connectivity index (χ1) is 6.16. The van der Waals surface area contributed by atoms with Crippen molar-refractivity contribution in [3.63, 3.8) is 0 Å². The summed E-state index contributed by atoms with van der Waals surface area (Å²) in [4.78, 5) is 11.0. The molecule has 0 aliphatic heterocycles. The van der Waals surface area contributed by atoms with Crippen molar-refractivity contribution < 1.29 is 9.52 Å². The summed E-state index contributed by atoms with van der Waals surface area (Å²) in [6, 6.07) is 5.92. The van der Waals surface area contributed by atoms with E-state index in [9.17, 15) is 4.79 Å². The summed E-state index contributed by atoms with van der Waals surface area (Å²) in [5, 5.41) is 9.74. The van der Waals surface area contributed by atoms with Crippen molar-refractivity contribution in [2.75, 3.05) is 5.73 Å². The molecule has 1 aromatic heterocycles. The molecule has 0 saturated carbocycles. The third-order valence-corrected chi connectivity index (χ3v) is 1.74. The lowest BCUT2D eigenvalue weighted by molar-refractivity contribution is 0.475. The first-order valence-corrected chi connectivity index (χ1v) is 3.69. The second-order valence-corrected chi connectivity index (χ2v) is 2.71. The average molecular weight is 177 g/mol. The van der Waals surface area contributed by atoms with Gasteiger partial charge in [0.2, 0.25) is 0 Å². The molecule has 3 N–H and O–H groups in total. The van der Waals surface area contributed by atoms with E-state index in [-0.39, 0.29) is 11.4 Å². The number of phenols is 1. The van der Waals surface area contributed by atoms with Gasteiger partial charge in [-0.1, -0.05) is 0 Å². The Morgan fingerprint density at radius 3 is 2.85 bits per heavy atom. The second kappa shape index (κ2) is 2.52. The Labute approximate surface area is 73.2 Å². The van der Waals surface area contributed by atoms with Crippen LogP contribution in [0.3, 0.4) is 0 Å². The topological polar surface area (TPSA) is 76.5 Å². The van der Waals surface area contributed by atoms with Crippen LogP contribution < -0.4 is 11.4 Å². The molecule has 4 heteroatoms. The molecule has 0 unspecified atom stereocenters. The van der Waals surface area contributed by atoms with Crippen molar-refractivity contribution in [1.29, 1.82) is 0 Å². The van der Waals surface area contributed by atoms with Gasteiger partial charge in [0.15, 0.2) is 0 Å². The molecule has 66 valence electrons. The minimum Gasteiger partial charge on any atom is -0.508 e. The van der Waals surface area contributed by atoms with Crippen molar-refractivity contribution in [3.8, 4) is 5.75 Å². The quantitative estimate of drug-likeness (QED) is 0.590. The Kier molecular flexibility index (Phi) is 1.48. The molecular formula is C9H7NO3. The third kappa shape index (κ3) is 1.22. The van der Waals surface area contributed by atoms with Crippen LogP contribution in [-0.2, 0) is 0 Å². The molecular weight excluding hydrogens is 170 g/mol. The summed E-state index contributed by atoms with van der Waals surface area (Å²) in [6.07, 6.45) is 0. The maximum absolute atomic E-state index is 11.0. The fourth-order valence-electron chi connectivity index (χ4n) is 1.13. The van der Waals surface area contributed by atoms with E-state index in [2.05, 4.69) is 0 Å². The Bertz CT molecular complexity index is 516. The van der Waals surface area contributed by atoms with Gasteiger partial charge in [0.05, 0.1) is 0 Å². The van der Waals surface area contributed by atoms with Gasteiger partial charge in [0.25, 0.3) is 0 Å². The maximum Gasteiger partial charge on any atom is 0.359 e. The summed E-state index contributed by atoms with van der Waals surface area (Å²) < 4.78 is 4.86. The monoisotopic (exact) mass is 177 g/mol. The minimum atomic E-state index is -0.557. The molecule has 0 aliphatic rings. The molecule has 2 aromatic rings. The van der Waals surface area contributed by atoms with E-state index in [0.717, 1.165) is 0 Å². The van der Waals surface area contributed by atoms with Crippen LogP contribution >= 0.6 is 0 Å². The Morgan fingerprint density at radius 2 is 2.08 bits per heavy atom. The van der Waals surface area contributed by atoms with E-state index >= 15 is 0 Å². The van der Waals surface area contributed by atoms with Crippen molar-refractivity contribution >= 4 is 16.7 Å². The molecule has 0 aliphatic carbocycles. The lowest BCUT2D eigenvalue weighted by Crippen LogP contribution is -2.05. The molecule has 0 amide bonds. The molecule has 1 heterocycles. The van der Waals surface area contributed by atoms with Gasteiger partial charge in [-0.05, 0) is 24.3 Å². The van der Waals surface area contributed by atoms with E-state index in [0.29, 0.717) is 11.0 Å². The Morgan fingerprint density at radius 1 is 1.31 bits per heavy atom. The molecule has 0 bridgehead atoms. The molecule has 1 aromatic carbocycles. The van der Waals surface area contributed by atoms with E-state index in [4.69, 9.17) is 15.3 Å². The average Bonchev–Trinajstić information content (AvgIpc) is 2.08. The van der Waals surface area contributed by atoms with Gasteiger partial charge in [-0.3, -0.25) is 0 Å². The van der Waals surface area contributed by atoms with Crippen LogP contribution in [-0.4, -0.2) is 5.11 Å². The first kappa shape index (κ1) is 7.67.